The molecule has 2 heterocycles. The van der Waals surface area contributed by atoms with Gasteiger partial charge in [-0.2, -0.15) is 5.10 Å². The van der Waals surface area contributed by atoms with E-state index in [2.05, 4.69) is 22.3 Å². The maximum Gasteiger partial charge on any atom is 0.322 e. The van der Waals surface area contributed by atoms with Crippen LogP contribution in [0.15, 0.2) is 67.3 Å². The molecule has 0 saturated heterocycles. The van der Waals surface area contributed by atoms with Crippen LogP contribution in [0.1, 0.15) is 30.5 Å². The van der Waals surface area contributed by atoms with E-state index in [-0.39, 0.29) is 12.1 Å². The smallest absolute Gasteiger partial charge is 0.321 e. The predicted molar refractivity (Wildman–Crippen MR) is 102 cm³/mol. The fourth-order valence-electron chi connectivity index (χ4n) is 3.00. The number of rotatable bonds is 6. The first-order chi connectivity index (χ1) is 12.7. The van der Waals surface area contributed by atoms with Crippen molar-refractivity contribution < 1.29 is 4.79 Å². The molecule has 6 heteroatoms. The zero-order valence-corrected chi connectivity index (χ0v) is 15.0. The minimum absolute atomic E-state index is 0.00487. The van der Waals surface area contributed by atoms with Gasteiger partial charge in [0, 0.05) is 37.5 Å². The lowest BCUT2D eigenvalue weighted by Gasteiger charge is -2.28. The normalized spacial score (nSPS) is 11.8. The molecule has 3 aromatic rings. The quantitative estimate of drug-likeness (QED) is 0.733. The number of carbonyl (C=O) groups is 1. The van der Waals surface area contributed by atoms with Crippen LogP contribution in [0.5, 0.6) is 0 Å². The van der Waals surface area contributed by atoms with Gasteiger partial charge in [0.1, 0.15) is 0 Å². The first-order valence-corrected chi connectivity index (χ1v) is 8.67. The third kappa shape index (κ3) is 4.27. The molecular weight excluding hydrogens is 326 g/mol. The molecule has 0 radical (unpaired) electrons. The fraction of sp³-hybridized carbons (Fsp3) is 0.250. The van der Waals surface area contributed by atoms with E-state index in [1.165, 1.54) is 0 Å². The minimum Gasteiger partial charge on any atom is -0.321 e. The van der Waals surface area contributed by atoms with E-state index in [4.69, 9.17) is 0 Å². The van der Waals surface area contributed by atoms with Gasteiger partial charge >= 0.3 is 6.03 Å². The summed E-state index contributed by atoms with van der Waals surface area (Å²) in [6, 6.07) is 13.5. The average Bonchev–Trinajstić information content (AvgIpc) is 3.16. The third-order valence-corrected chi connectivity index (χ3v) is 4.35. The predicted octanol–water partition coefficient (Wildman–Crippen LogP) is 3.94. The lowest BCUT2D eigenvalue weighted by atomic mass is 10.1. The average molecular weight is 349 g/mol. The lowest BCUT2D eigenvalue weighted by molar-refractivity contribution is 0.202. The van der Waals surface area contributed by atoms with Gasteiger partial charge in [-0.15, -0.1) is 0 Å². The van der Waals surface area contributed by atoms with Crippen LogP contribution in [0, 0.1) is 0 Å². The van der Waals surface area contributed by atoms with Crippen LogP contribution >= 0.6 is 0 Å². The van der Waals surface area contributed by atoms with Crippen LogP contribution in [0.4, 0.5) is 10.5 Å². The Hall–Kier alpha value is -3.15. The largest absolute Gasteiger partial charge is 0.322 e. The van der Waals surface area contributed by atoms with Gasteiger partial charge in [0.25, 0.3) is 0 Å². The summed E-state index contributed by atoms with van der Waals surface area (Å²) < 4.78 is 1.85. The number of amides is 2. The number of hydrogen-bond donors (Lipinski definition) is 1. The Morgan fingerprint density at radius 3 is 2.69 bits per heavy atom. The second-order valence-corrected chi connectivity index (χ2v) is 6.15. The number of carbonyl (C=O) groups excluding carboxylic acids is 1. The van der Waals surface area contributed by atoms with Crippen molar-refractivity contribution in [1.29, 1.82) is 0 Å². The topological polar surface area (TPSA) is 63.1 Å². The number of nitrogens with zero attached hydrogens (tertiary/aromatic N) is 4. The van der Waals surface area contributed by atoms with Crippen LogP contribution in [-0.4, -0.2) is 32.7 Å². The highest BCUT2D eigenvalue weighted by molar-refractivity contribution is 5.89. The van der Waals surface area contributed by atoms with Gasteiger partial charge in [-0.25, -0.2) is 4.79 Å². The number of nitrogens with one attached hydrogen (secondary N) is 1. The molecule has 26 heavy (non-hydrogen) atoms. The zero-order chi connectivity index (χ0) is 18.4. The first-order valence-electron chi connectivity index (χ1n) is 8.67. The highest BCUT2D eigenvalue weighted by Crippen LogP contribution is 2.23. The van der Waals surface area contributed by atoms with Crippen LogP contribution in [-0.2, 0) is 6.54 Å². The molecule has 6 nitrogen and oxygen atoms in total. The Morgan fingerprint density at radius 1 is 1.19 bits per heavy atom. The summed E-state index contributed by atoms with van der Waals surface area (Å²) in [6.07, 6.45) is 8.00. The number of urea groups is 1. The van der Waals surface area contributed by atoms with Crippen molar-refractivity contribution in [2.24, 2.45) is 0 Å². The van der Waals surface area contributed by atoms with Gasteiger partial charge in [-0.3, -0.25) is 9.67 Å². The second kappa shape index (κ2) is 8.29. The van der Waals surface area contributed by atoms with Crippen LogP contribution in [0.2, 0.25) is 0 Å². The highest BCUT2D eigenvalue weighted by Gasteiger charge is 2.20. The number of anilines is 1. The number of hydrogen-bond acceptors (Lipinski definition) is 3. The second-order valence-electron chi connectivity index (χ2n) is 6.15. The van der Waals surface area contributed by atoms with Gasteiger partial charge in [-0.05, 0) is 47.9 Å². The van der Waals surface area contributed by atoms with E-state index in [0.717, 1.165) is 23.2 Å². The van der Waals surface area contributed by atoms with E-state index in [1.807, 2.05) is 60.4 Å². The number of benzene rings is 1. The molecule has 0 bridgehead atoms. The molecule has 0 fully saturated rings. The molecule has 1 N–H and O–H groups in total. The molecule has 2 amide bonds. The van der Waals surface area contributed by atoms with E-state index in [0.29, 0.717) is 6.54 Å². The van der Waals surface area contributed by atoms with E-state index in [1.54, 1.807) is 23.5 Å². The van der Waals surface area contributed by atoms with Crippen molar-refractivity contribution in [3.8, 4) is 0 Å². The summed E-state index contributed by atoms with van der Waals surface area (Å²) in [5, 5.41) is 7.20. The molecule has 0 aliphatic heterocycles. The fourth-order valence-corrected chi connectivity index (χ4v) is 3.00. The molecule has 2 aromatic heterocycles. The summed E-state index contributed by atoms with van der Waals surface area (Å²) >= 11 is 0. The molecule has 0 aliphatic rings. The molecule has 1 atom stereocenters. The third-order valence-electron chi connectivity index (χ3n) is 4.35. The number of aromatic nitrogens is 3. The standard InChI is InChI=1S/C20H23N5O/c1-3-19(17-8-11-21-12-9-17)24(2)20(26)23-18-7-4-6-16(14-18)15-25-13-5-10-22-25/h4-14,19H,3,15H2,1-2H3,(H,23,26)/t19-/m0/s1. The highest BCUT2D eigenvalue weighted by atomic mass is 16.2. The minimum atomic E-state index is -0.134. The Bertz CT molecular complexity index is 832. The van der Waals surface area contributed by atoms with Crippen molar-refractivity contribution in [1.82, 2.24) is 19.7 Å². The van der Waals surface area contributed by atoms with Crippen LogP contribution in [0.3, 0.4) is 0 Å². The maximum atomic E-state index is 12.7. The molecule has 1 aromatic carbocycles. The Balaban J connectivity index is 1.69. The molecule has 3 rings (SSSR count). The molecule has 0 saturated carbocycles. The Morgan fingerprint density at radius 2 is 2.00 bits per heavy atom. The van der Waals surface area contributed by atoms with Crippen LogP contribution in [0.25, 0.3) is 0 Å². The van der Waals surface area contributed by atoms with Crippen molar-refractivity contribution in [3.63, 3.8) is 0 Å². The summed E-state index contributed by atoms with van der Waals surface area (Å²) in [5.41, 5.74) is 2.93. The Labute approximate surface area is 153 Å². The SMILES string of the molecule is CC[C@@H](c1ccncc1)N(C)C(=O)Nc1cccc(Cn2cccn2)c1. The maximum absolute atomic E-state index is 12.7. The van der Waals surface area contributed by atoms with Gasteiger partial charge in [0.05, 0.1) is 12.6 Å². The molecule has 0 unspecified atom stereocenters. The van der Waals surface area contributed by atoms with E-state index in [9.17, 15) is 4.79 Å². The van der Waals surface area contributed by atoms with Gasteiger partial charge in [0.2, 0.25) is 0 Å². The summed E-state index contributed by atoms with van der Waals surface area (Å²) in [4.78, 5) is 18.5. The van der Waals surface area contributed by atoms with E-state index < -0.39 is 0 Å². The lowest BCUT2D eigenvalue weighted by Crippen LogP contribution is -2.34. The summed E-state index contributed by atoms with van der Waals surface area (Å²) in [7, 11) is 1.82. The van der Waals surface area contributed by atoms with Crippen molar-refractivity contribution >= 4 is 11.7 Å². The first kappa shape index (κ1) is 17.7. The monoisotopic (exact) mass is 349 g/mol. The zero-order valence-electron chi connectivity index (χ0n) is 15.0. The van der Waals surface area contributed by atoms with Crippen molar-refractivity contribution in [2.45, 2.75) is 25.9 Å². The molecule has 0 spiro atoms. The van der Waals surface area contributed by atoms with Gasteiger partial charge in [0.15, 0.2) is 0 Å². The molecular formula is C20H23N5O. The number of pyridine rings is 1. The van der Waals surface area contributed by atoms with Crippen LogP contribution < -0.4 is 5.32 Å². The molecule has 134 valence electrons. The van der Waals surface area contributed by atoms with Gasteiger partial charge < -0.3 is 10.2 Å². The van der Waals surface area contributed by atoms with Crippen molar-refractivity contribution in [2.75, 3.05) is 12.4 Å². The summed E-state index contributed by atoms with van der Waals surface area (Å²) in [6.45, 7) is 2.74. The molecule has 0 aliphatic carbocycles. The Kier molecular flexibility index (Phi) is 5.63. The summed E-state index contributed by atoms with van der Waals surface area (Å²) in [5.74, 6) is 0. The van der Waals surface area contributed by atoms with Crippen molar-refractivity contribution in [3.05, 3.63) is 78.4 Å². The van der Waals surface area contributed by atoms with Gasteiger partial charge in [-0.1, -0.05) is 19.1 Å². The van der Waals surface area contributed by atoms with E-state index >= 15 is 0 Å².